The highest BCUT2D eigenvalue weighted by Gasteiger charge is 2.38. The number of rotatable bonds is 2. The van der Waals surface area contributed by atoms with Crippen molar-refractivity contribution in [1.29, 1.82) is 0 Å². The Kier molecular flexibility index (Phi) is 3.84. The van der Waals surface area contributed by atoms with E-state index in [0.717, 1.165) is 6.07 Å². The highest BCUT2D eigenvalue weighted by Crippen LogP contribution is 2.42. The van der Waals surface area contributed by atoms with Gasteiger partial charge in [-0.2, -0.15) is 13.2 Å². The molecule has 1 atom stereocenters. The van der Waals surface area contributed by atoms with Gasteiger partial charge in [0.05, 0.1) is 11.5 Å². The predicted octanol–water partition coefficient (Wildman–Crippen LogP) is 3.50. The minimum atomic E-state index is -4.60. The van der Waals surface area contributed by atoms with Crippen LogP contribution in [0.15, 0.2) is 18.2 Å². The number of carbonyl (C=O) groups is 1. The third-order valence-electron chi connectivity index (χ3n) is 2.87. The zero-order valence-corrected chi connectivity index (χ0v) is 10.9. The van der Waals surface area contributed by atoms with Crippen molar-refractivity contribution >= 4 is 11.7 Å². The van der Waals surface area contributed by atoms with Crippen LogP contribution in [0.25, 0.3) is 0 Å². The van der Waals surface area contributed by atoms with Crippen LogP contribution in [0.1, 0.15) is 37.8 Å². The highest BCUT2D eigenvalue weighted by molar-refractivity contribution is 5.80. The van der Waals surface area contributed by atoms with Gasteiger partial charge in [0, 0.05) is 5.69 Å². The number of para-hydroxylation sites is 1. The van der Waals surface area contributed by atoms with Gasteiger partial charge >= 0.3 is 12.1 Å². The molecule has 0 amide bonds. The number of hydrogen-bond acceptors (Lipinski definition) is 2. The van der Waals surface area contributed by atoms with Gasteiger partial charge < -0.3 is 10.8 Å². The van der Waals surface area contributed by atoms with Crippen LogP contribution in [0.5, 0.6) is 0 Å². The first-order valence-electron chi connectivity index (χ1n) is 5.64. The largest absolute Gasteiger partial charge is 0.481 e. The maximum absolute atomic E-state index is 12.8. The van der Waals surface area contributed by atoms with E-state index in [4.69, 9.17) is 5.73 Å². The third-order valence-corrected chi connectivity index (χ3v) is 2.87. The second kappa shape index (κ2) is 4.75. The summed E-state index contributed by atoms with van der Waals surface area (Å²) < 4.78 is 38.3. The number of carboxylic acids is 1. The Bertz CT molecular complexity index is 490. The topological polar surface area (TPSA) is 63.3 Å². The van der Waals surface area contributed by atoms with Crippen LogP contribution < -0.4 is 5.73 Å². The fraction of sp³-hybridized carbons (Fsp3) is 0.462. The molecule has 0 aliphatic carbocycles. The van der Waals surface area contributed by atoms with Crippen molar-refractivity contribution in [1.82, 2.24) is 0 Å². The molecular formula is C13H16F3NO2. The molecule has 1 aromatic carbocycles. The summed E-state index contributed by atoms with van der Waals surface area (Å²) in [6, 6.07) is 3.35. The van der Waals surface area contributed by atoms with E-state index < -0.39 is 34.7 Å². The lowest BCUT2D eigenvalue weighted by atomic mass is 9.75. The first-order chi connectivity index (χ1) is 8.46. The Labute approximate surface area is 109 Å². The first-order valence-corrected chi connectivity index (χ1v) is 5.64. The van der Waals surface area contributed by atoms with E-state index in [1.165, 1.54) is 12.1 Å². The molecule has 1 unspecified atom stereocenters. The van der Waals surface area contributed by atoms with Gasteiger partial charge in [0.2, 0.25) is 0 Å². The summed E-state index contributed by atoms with van der Waals surface area (Å²) in [6.45, 7) is 4.93. The van der Waals surface area contributed by atoms with Crippen molar-refractivity contribution in [2.75, 3.05) is 5.73 Å². The zero-order valence-electron chi connectivity index (χ0n) is 10.9. The average Bonchev–Trinajstić information content (AvgIpc) is 2.16. The average molecular weight is 275 g/mol. The smallest absolute Gasteiger partial charge is 0.418 e. The lowest BCUT2D eigenvalue weighted by molar-refractivity contribution is -0.142. The van der Waals surface area contributed by atoms with Gasteiger partial charge in [-0.15, -0.1) is 0 Å². The van der Waals surface area contributed by atoms with Crippen molar-refractivity contribution < 1.29 is 23.1 Å². The molecule has 0 bridgehead atoms. The molecule has 19 heavy (non-hydrogen) atoms. The summed E-state index contributed by atoms with van der Waals surface area (Å²) in [7, 11) is 0. The third kappa shape index (κ3) is 3.19. The monoisotopic (exact) mass is 275 g/mol. The van der Waals surface area contributed by atoms with Gasteiger partial charge in [0.15, 0.2) is 0 Å². The van der Waals surface area contributed by atoms with Crippen molar-refractivity contribution in [3.05, 3.63) is 29.3 Å². The molecule has 0 radical (unpaired) electrons. The first kappa shape index (κ1) is 15.3. The maximum Gasteiger partial charge on any atom is 0.418 e. The van der Waals surface area contributed by atoms with Crippen LogP contribution in [0, 0.1) is 5.41 Å². The van der Waals surface area contributed by atoms with E-state index in [0.29, 0.717) is 0 Å². The minimum Gasteiger partial charge on any atom is -0.481 e. The van der Waals surface area contributed by atoms with Crippen LogP contribution in [0.2, 0.25) is 0 Å². The van der Waals surface area contributed by atoms with E-state index in [2.05, 4.69) is 0 Å². The Hall–Kier alpha value is -1.72. The van der Waals surface area contributed by atoms with Gasteiger partial charge in [0.25, 0.3) is 0 Å². The van der Waals surface area contributed by atoms with Gasteiger partial charge in [-0.05, 0) is 17.0 Å². The number of halogens is 3. The van der Waals surface area contributed by atoms with E-state index in [-0.39, 0.29) is 5.56 Å². The minimum absolute atomic E-state index is 0.00479. The SMILES string of the molecule is CC(C)(C)C(C(=O)O)c1cccc(C(F)(F)F)c1N. The normalized spacial score (nSPS) is 14.2. The molecule has 3 N–H and O–H groups in total. The molecule has 6 heteroatoms. The lowest BCUT2D eigenvalue weighted by Crippen LogP contribution is -2.27. The fourth-order valence-electron chi connectivity index (χ4n) is 2.05. The van der Waals surface area contributed by atoms with Crippen molar-refractivity contribution in [2.45, 2.75) is 32.9 Å². The van der Waals surface area contributed by atoms with Crippen molar-refractivity contribution in [2.24, 2.45) is 5.41 Å². The molecule has 0 heterocycles. The lowest BCUT2D eigenvalue weighted by Gasteiger charge is -2.29. The van der Waals surface area contributed by atoms with Crippen LogP contribution in [-0.4, -0.2) is 11.1 Å². The number of carboxylic acid groups (broad SMARTS) is 1. The summed E-state index contributed by atoms with van der Waals surface area (Å²) in [5, 5.41) is 9.24. The molecule has 106 valence electrons. The number of anilines is 1. The van der Waals surface area contributed by atoms with Gasteiger partial charge in [0.1, 0.15) is 0 Å². The summed E-state index contributed by atoms with van der Waals surface area (Å²) >= 11 is 0. The maximum atomic E-state index is 12.8. The van der Waals surface area contributed by atoms with Crippen LogP contribution in [-0.2, 0) is 11.0 Å². The number of nitrogens with two attached hydrogens (primary N) is 1. The van der Waals surface area contributed by atoms with Gasteiger partial charge in [-0.25, -0.2) is 0 Å². The van der Waals surface area contributed by atoms with Crippen LogP contribution in [0.3, 0.4) is 0 Å². The molecule has 0 aromatic heterocycles. The Balaban J connectivity index is 3.47. The molecule has 0 spiro atoms. The number of benzene rings is 1. The van der Waals surface area contributed by atoms with E-state index in [1.807, 2.05) is 0 Å². The molecule has 0 aliphatic heterocycles. The molecule has 0 saturated heterocycles. The van der Waals surface area contributed by atoms with E-state index in [1.54, 1.807) is 20.8 Å². The standard InChI is InChI=1S/C13H16F3NO2/c1-12(2,3)9(11(18)19)7-5-4-6-8(10(7)17)13(14,15)16/h4-6,9H,17H2,1-3H3,(H,18,19). The molecule has 3 nitrogen and oxygen atoms in total. The molecule has 1 rings (SSSR count). The highest BCUT2D eigenvalue weighted by atomic mass is 19.4. The number of aliphatic carboxylic acids is 1. The second-order valence-corrected chi connectivity index (χ2v) is 5.44. The summed E-state index contributed by atoms with van der Waals surface area (Å²) in [5.74, 6) is -2.30. The van der Waals surface area contributed by atoms with Crippen molar-refractivity contribution in [3.8, 4) is 0 Å². The number of nitrogen functional groups attached to an aromatic ring is 1. The summed E-state index contributed by atoms with van der Waals surface area (Å²) in [6.07, 6.45) is -4.60. The summed E-state index contributed by atoms with van der Waals surface area (Å²) in [5.41, 5.74) is 3.25. The van der Waals surface area contributed by atoms with E-state index >= 15 is 0 Å². The number of hydrogen-bond donors (Lipinski definition) is 2. The second-order valence-electron chi connectivity index (χ2n) is 5.44. The summed E-state index contributed by atoms with van der Waals surface area (Å²) in [4.78, 5) is 11.3. The fourth-order valence-corrected chi connectivity index (χ4v) is 2.05. The Morgan fingerprint density at radius 1 is 1.26 bits per heavy atom. The Morgan fingerprint density at radius 2 is 1.79 bits per heavy atom. The Morgan fingerprint density at radius 3 is 2.16 bits per heavy atom. The molecule has 0 fully saturated rings. The molecule has 1 aromatic rings. The van der Waals surface area contributed by atoms with Crippen molar-refractivity contribution in [3.63, 3.8) is 0 Å². The quantitative estimate of drug-likeness (QED) is 0.812. The van der Waals surface area contributed by atoms with E-state index in [9.17, 15) is 23.1 Å². The van der Waals surface area contributed by atoms with Crippen LogP contribution >= 0.6 is 0 Å². The molecular weight excluding hydrogens is 259 g/mol. The predicted molar refractivity (Wildman–Crippen MR) is 65.7 cm³/mol. The van der Waals surface area contributed by atoms with Crippen LogP contribution in [0.4, 0.5) is 18.9 Å². The van der Waals surface area contributed by atoms with Gasteiger partial charge in [-0.1, -0.05) is 32.9 Å². The molecule has 0 aliphatic rings. The molecule has 0 saturated carbocycles. The number of alkyl halides is 3. The van der Waals surface area contributed by atoms with Gasteiger partial charge in [-0.3, -0.25) is 4.79 Å². The zero-order chi connectivity index (χ0) is 15.0.